The summed E-state index contributed by atoms with van der Waals surface area (Å²) < 4.78 is 5.55. The van der Waals surface area contributed by atoms with E-state index >= 15 is 0 Å². The van der Waals surface area contributed by atoms with Gasteiger partial charge in [-0.15, -0.1) is 0 Å². The van der Waals surface area contributed by atoms with Gasteiger partial charge in [-0.25, -0.2) is 4.79 Å². The van der Waals surface area contributed by atoms with Crippen molar-refractivity contribution in [3.63, 3.8) is 0 Å². The van der Waals surface area contributed by atoms with E-state index in [2.05, 4.69) is 0 Å². The number of aryl methyl sites for hydroxylation is 1. The van der Waals surface area contributed by atoms with Crippen molar-refractivity contribution in [2.75, 3.05) is 0 Å². The van der Waals surface area contributed by atoms with Crippen LogP contribution in [0.4, 0.5) is 0 Å². The van der Waals surface area contributed by atoms with Gasteiger partial charge < -0.3 is 9.84 Å². The van der Waals surface area contributed by atoms with Crippen molar-refractivity contribution < 1.29 is 19.4 Å². The number of benzene rings is 1. The normalized spacial score (nSPS) is 10.9. The standard InChI is InChI=1S/C14H16O4/c1-9(2)18-13-6-4-11(8-10(13)3)12(15)5-7-14(16)17/h4-9H,1-3H3,(H,16,17)/b7-5+. The van der Waals surface area contributed by atoms with Crippen molar-refractivity contribution in [2.45, 2.75) is 26.9 Å². The number of aliphatic carboxylic acids is 1. The van der Waals surface area contributed by atoms with Gasteiger partial charge in [0.25, 0.3) is 0 Å². The number of allylic oxidation sites excluding steroid dienone is 1. The molecule has 4 heteroatoms. The Morgan fingerprint density at radius 3 is 2.44 bits per heavy atom. The van der Waals surface area contributed by atoms with Crippen LogP contribution in [-0.4, -0.2) is 23.0 Å². The lowest BCUT2D eigenvalue weighted by Gasteiger charge is -2.12. The molecule has 0 saturated heterocycles. The molecule has 0 radical (unpaired) electrons. The van der Waals surface area contributed by atoms with Gasteiger partial charge in [0.05, 0.1) is 6.10 Å². The fraction of sp³-hybridized carbons (Fsp3) is 0.286. The number of hydrogen-bond acceptors (Lipinski definition) is 3. The zero-order valence-electron chi connectivity index (χ0n) is 10.6. The Morgan fingerprint density at radius 1 is 1.28 bits per heavy atom. The maximum atomic E-state index is 11.6. The number of carboxylic acid groups (broad SMARTS) is 1. The number of hydrogen-bond donors (Lipinski definition) is 1. The molecular formula is C14H16O4. The zero-order chi connectivity index (χ0) is 13.7. The van der Waals surface area contributed by atoms with Gasteiger partial charge in [0.1, 0.15) is 5.75 Å². The molecule has 0 atom stereocenters. The summed E-state index contributed by atoms with van der Waals surface area (Å²) in [5.41, 5.74) is 1.29. The average molecular weight is 248 g/mol. The van der Waals surface area contributed by atoms with Gasteiger partial charge in [-0.3, -0.25) is 4.79 Å². The van der Waals surface area contributed by atoms with Crippen LogP contribution in [0.25, 0.3) is 0 Å². The first-order valence-corrected chi connectivity index (χ1v) is 5.63. The highest BCUT2D eigenvalue weighted by atomic mass is 16.5. The molecule has 0 aromatic heterocycles. The third-order valence-corrected chi connectivity index (χ3v) is 2.20. The predicted octanol–water partition coefficient (Wildman–Crippen LogP) is 2.61. The molecule has 4 nitrogen and oxygen atoms in total. The number of ketones is 1. The van der Waals surface area contributed by atoms with Crippen LogP contribution in [-0.2, 0) is 4.79 Å². The van der Waals surface area contributed by atoms with Crippen molar-refractivity contribution in [2.24, 2.45) is 0 Å². The summed E-state index contributed by atoms with van der Waals surface area (Å²) in [4.78, 5) is 22.0. The molecule has 0 aliphatic carbocycles. The molecule has 1 rings (SSSR count). The van der Waals surface area contributed by atoms with Gasteiger partial charge >= 0.3 is 5.97 Å². The van der Waals surface area contributed by atoms with E-state index in [-0.39, 0.29) is 11.9 Å². The minimum Gasteiger partial charge on any atom is -0.491 e. The number of rotatable bonds is 5. The number of carboxylic acids is 1. The number of carbonyl (C=O) groups is 2. The third-order valence-electron chi connectivity index (χ3n) is 2.20. The molecule has 0 aliphatic rings. The molecule has 1 aromatic carbocycles. The van der Waals surface area contributed by atoms with Crippen molar-refractivity contribution >= 4 is 11.8 Å². The lowest BCUT2D eigenvalue weighted by molar-refractivity contribution is -0.131. The summed E-state index contributed by atoms with van der Waals surface area (Å²) in [6.45, 7) is 5.69. The maximum absolute atomic E-state index is 11.6. The molecule has 0 saturated carbocycles. The smallest absolute Gasteiger partial charge is 0.328 e. The zero-order valence-corrected chi connectivity index (χ0v) is 10.6. The van der Waals surface area contributed by atoms with Crippen molar-refractivity contribution in [3.05, 3.63) is 41.5 Å². The average Bonchev–Trinajstić information content (AvgIpc) is 2.28. The molecule has 0 amide bonds. The molecule has 18 heavy (non-hydrogen) atoms. The third kappa shape index (κ3) is 4.05. The summed E-state index contributed by atoms with van der Waals surface area (Å²) in [7, 11) is 0. The summed E-state index contributed by atoms with van der Waals surface area (Å²) in [5.74, 6) is -0.750. The van der Waals surface area contributed by atoms with E-state index in [1.807, 2.05) is 20.8 Å². The quantitative estimate of drug-likeness (QED) is 0.642. The second kappa shape index (κ2) is 6.00. The Kier molecular flexibility index (Phi) is 4.66. The monoisotopic (exact) mass is 248 g/mol. The lowest BCUT2D eigenvalue weighted by atomic mass is 10.1. The molecule has 0 spiro atoms. The van der Waals surface area contributed by atoms with E-state index in [1.165, 1.54) is 0 Å². The number of ether oxygens (including phenoxy) is 1. The largest absolute Gasteiger partial charge is 0.491 e. The molecule has 0 heterocycles. The van der Waals surface area contributed by atoms with Gasteiger partial charge in [-0.05, 0) is 50.6 Å². The van der Waals surface area contributed by atoms with E-state index in [4.69, 9.17) is 9.84 Å². The molecule has 0 fully saturated rings. The van der Waals surface area contributed by atoms with Crippen LogP contribution in [0.2, 0.25) is 0 Å². The maximum Gasteiger partial charge on any atom is 0.328 e. The summed E-state index contributed by atoms with van der Waals surface area (Å²) >= 11 is 0. The Labute approximate surface area is 106 Å². The Morgan fingerprint density at radius 2 is 1.94 bits per heavy atom. The van der Waals surface area contributed by atoms with Crippen LogP contribution in [0.1, 0.15) is 29.8 Å². The fourth-order valence-corrected chi connectivity index (χ4v) is 1.43. The molecule has 96 valence electrons. The Balaban J connectivity index is 2.90. The first-order chi connectivity index (χ1) is 8.40. The molecular weight excluding hydrogens is 232 g/mol. The second-order valence-corrected chi connectivity index (χ2v) is 4.18. The van der Waals surface area contributed by atoms with Crippen LogP contribution in [0.15, 0.2) is 30.4 Å². The molecule has 0 unspecified atom stereocenters. The van der Waals surface area contributed by atoms with Gasteiger partial charge in [0.2, 0.25) is 0 Å². The highest BCUT2D eigenvalue weighted by Gasteiger charge is 2.07. The highest BCUT2D eigenvalue weighted by Crippen LogP contribution is 2.20. The minimum absolute atomic E-state index is 0.0668. The van der Waals surface area contributed by atoms with E-state index in [1.54, 1.807) is 18.2 Å². The Bertz CT molecular complexity index is 487. The molecule has 1 aromatic rings. The molecule has 1 N–H and O–H groups in total. The van der Waals surface area contributed by atoms with Crippen LogP contribution in [0, 0.1) is 6.92 Å². The van der Waals surface area contributed by atoms with Crippen LogP contribution in [0.5, 0.6) is 5.75 Å². The lowest BCUT2D eigenvalue weighted by Crippen LogP contribution is -2.07. The van der Waals surface area contributed by atoms with E-state index in [0.717, 1.165) is 23.5 Å². The Hall–Kier alpha value is -2.10. The van der Waals surface area contributed by atoms with Gasteiger partial charge in [0, 0.05) is 11.6 Å². The van der Waals surface area contributed by atoms with Gasteiger partial charge in [-0.1, -0.05) is 0 Å². The summed E-state index contributed by atoms with van der Waals surface area (Å²) in [6.07, 6.45) is 1.94. The summed E-state index contributed by atoms with van der Waals surface area (Å²) in [6, 6.07) is 5.03. The topological polar surface area (TPSA) is 63.6 Å². The molecule has 0 aliphatic heterocycles. The minimum atomic E-state index is -1.14. The fourth-order valence-electron chi connectivity index (χ4n) is 1.43. The van der Waals surface area contributed by atoms with Crippen LogP contribution in [0.3, 0.4) is 0 Å². The van der Waals surface area contributed by atoms with Crippen LogP contribution < -0.4 is 4.74 Å². The first-order valence-electron chi connectivity index (χ1n) is 5.63. The molecule has 0 bridgehead atoms. The van der Waals surface area contributed by atoms with Crippen LogP contribution >= 0.6 is 0 Å². The predicted molar refractivity (Wildman–Crippen MR) is 68.0 cm³/mol. The second-order valence-electron chi connectivity index (χ2n) is 4.18. The van der Waals surface area contributed by atoms with Crippen molar-refractivity contribution in [1.82, 2.24) is 0 Å². The highest BCUT2D eigenvalue weighted by molar-refractivity contribution is 6.07. The van der Waals surface area contributed by atoms with E-state index in [9.17, 15) is 9.59 Å². The van der Waals surface area contributed by atoms with E-state index in [0.29, 0.717) is 5.56 Å². The van der Waals surface area contributed by atoms with Gasteiger partial charge in [0.15, 0.2) is 5.78 Å². The first kappa shape index (κ1) is 14.0. The van der Waals surface area contributed by atoms with Gasteiger partial charge in [-0.2, -0.15) is 0 Å². The van der Waals surface area contributed by atoms with Crippen molar-refractivity contribution in [1.29, 1.82) is 0 Å². The van der Waals surface area contributed by atoms with Crippen molar-refractivity contribution in [3.8, 4) is 5.75 Å². The SMILES string of the molecule is Cc1cc(C(=O)/C=C/C(=O)O)ccc1OC(C)C. The summed E-state index contributed by atoms with van der Waals surface area (Å²) in [5, 5.41) is 8.45. The number of carbonyl (C=O) groups excluding carboxylic acids is 1. The van der Waals surface area contributed by atoms with E-state index < -0.39 is 5.97 Å².